The first-order valence-corrected chi connectivity index (χ1v) is 6.22. The number of rotatable bonds is 2. The molecular weight excluding hydrogens is 282 g/mol. The number of benzene rings is 1. The van der Waals surface area contributed by atoms with Crippen LogP contribution in [-0.2, 0) is 9.53 Å². The number of hydrogen-bond acceptors (Lipinski definition) is 2. The molecule has 0 bridgehead atoms. The van der Waals surface area contributed by atoms with Crippen molar-refractivity contribution in [3.05, 3.63) is 33.8 Å². The minimum atomic E-state index is -0.885. The lowest BCUT2D eigenvalue weighted by molar-refractivity contribution is -0.154. The molecular formula is C12H13Cl3O2. The van der Waals surface area contributed by atoms with Crippen molar-refractivity contribution in [1.29, 1.82) is 0 Å². The van der Waals surface area contributed by atoms with E-state index in [0.717, 1.165) is 0 Å². The van der Waals surface area contributed by atoms with Gasteiger partial charge in [0, 0.05) is 0 Å². The molecule has 0 aliphatic rings. The van der Waals surface area contributed by atoms with Gasteiger partial charge in [-0.05, 0) is 38.5 Å². The lowest BCUT2D eigenvalue weighted by Crippen LogP contribution is -2.26. The van der Waals surface area contributed by atoms with Gasteiger partial charge in [-0.1, -0.05) is 29.3 Å². The maximum absolute atomic E-state index is 11.7. The molecule has 5 heteroatoms. The Labute approximate surface area is 116 Å². The van der Waals surface area contributed by atoms with Gasteiger partial charge in [-0.3, -0.25) is 4.79 Å². The van der Waals surface area contributed by atoms with Gasteiger partial charge in [0.15, 0.2) is 5.38 Å². The Hall–Kier alpha value is -0.440. The quantitative estimate of drug-likeness (QED) is 0.588. The minimum Gasteiger partial charge on any atom is -0.459 e. The second-order valence-corrected chi connectivity index (χ2v) is 5.82. The largest absolute Gasteiger partial charge is 0.459 e. The number of carbonyl (C=O) groups excluding carboxylic acids is 1. The Bertz CT molecular complexity index is 424. The fourth-order valence-corrected chi connectivity index (χ4v) is 1.65. The topological polar surface area (TPSA) is 26.3 Å². The summed E-state index contributed by atoms with van der Waals surface area (Å²) in [5.74, 6) is -0.502. The van der Waals surface area contributed by atoms with Crippen LogP contribution in [-0.4, -0.2) is 11.6 Å². The highest BCUT2D eigenvalue weighted by Gasteiger charge is 2.25. The van der Waals surface area contributed by atoms with Crippen LogP contribution in [0.5, 0.6) is 0 Å². The molecule has 0 spiro atoms. The van der Waals surface area contributed by atoms with Crippen LogP contribution in [0.25, 0.3) is 0 Å². The molecule has 0 aliphatic carbocycles. The van der Waals surface area contributed by atoms with Gasteiger partial charge in [-0.25, -0.2) is 0 Å². The second-order valence-electron chi connectivity index (χ2n) is 4.57. The van der Waals surface area contributed by atoms with E-state index in [9.17, 15) is 4.79 Å². The first-order valence-electron chi connectivity index (χ1n) is 5.02. The molecule has 1 aromatic rings. The average molecular weight is 296 g/mol. The zero-order valence-corrected chi connectivity index (χ0v) is 12.0. The molecule has 2 nitrogen and oxygen atoms in total. The number of hydrogen-bond donors (Lipinski definition) is 0. The van der Waals surface area contributed by atoms with Crippen LogP contribution in [0.3, 0.4) is 0 Å². The lowest BCUT2D eigenvalue weighted by atomic mass is 10.1. The maximum atomic E-state index is 11.7. The molecule has 17 heavy (non-hydrogen) atoms. The van der Waals surface area contributed by atoms with Crippen molar-refractivity contribution < 1.29 is 9.53 Å². The van der Waals surface area contributed by atoms with Crippen molar-refractivity contribution in [2.75, 3.05) is 0 Å². The Morgan fingerprint density at radius 2 is 1.82 bits per heavy atom. The second kappa shape index (κ2) is 5.47. The van der Waals surface area contributed by atoms with E-state index in [1.165, 1.54) is 0 Å². The van der Waals surface area contributed by atoms with Gasteiger partial charge in [0.1, 0.15) is 5.60 Å². The molecule has 0 N–H and O–H groups in total. The van der Waals surface area contributed by atoms with E-state index < -0.39 is 16.9 Å². The first-order chi connectivity index (χ1) is 7.70. The fourth-order valence-electron chi connectivity index (χ4n) is 1.16. The van der Waals surface area contributed by atoms with Gasteiger partial charge in [0.2, 0.25) is 0 Å². The predicted octanol–water partition coefficient (Wildman–Crippen LogP) is 4.62. The lowest BCUT2D eigenvalue weighted by Gasteiger charge is -2.21. The van der Waals surface area contributed by atoms with Gasteiger partial charge >= 0.3 is 5.97 Å². The van der Waals surface area contributed by atoms with E-state index in [0.29, 0.717) is 15.6 Å². The summed E-state index contributed by atoms with van der Waals surface area (Å²) in [7, 11) is 0. The van der Waals surface area contributed by atoms with Crippen molar-refractivity contribution in [3.8, 4) is 0 Å². The van der Waals surface area contributed by atoms with Gasteiger partial charge < -0.3 is 4.74 Å². The summed E-state index contributed by atoms with van der Waals surface area (Å²) in [6.07, 6.45) is 0. The third-order valence-corrected chi connectivity index (χ3v) is 3.02. The number of esters is 1. The first kappa shape index (κ1) is 14.6. The predicted molar refractivity (Wildman–Crippen MR) is 70.9 cm³/mol. The van der Waals surface area contributed by atoms with Crippen molar-refractivity contribution in [3.63, 3.8) is 0 Å². The fraction of sp³-hybridized carbons (Fsp3) is 0.417. The van der Waals surface area contributed by atoms with Crippen LogP contribution >= 0.6 is 34.8 Å². The summed E-state index contributed by atoms with van der Waals surface area (Å²) in [5.41, 5.74) is -0.00390. The number of halogens is 3. The van der Waals surface area contributed by atoms with Crippen LogP contribution in [0.2, 0.25) is 10.0 Å². The molecule has 0 amide bonds. The molecule has 1 atom stereocenters. The van der Waals surface area contributed by atoms with E-state index in [2.05, 4.69) is 0 Å². The van der Waals surface area contributed by atoms with E-state index in [1.54, 1.807) is 39.0 Å². The van der Waals surface area contributed by atoms with Gasteiger partial charge in [0.25, 0.3) is 0 Å². The van der Waals surface area contributed by atoms with Crippen molar-refractivity contribution in [1.82, 2.24) is 0 Å². The summed E-state index contributed by atoms with van der Waals surface area (Å²) in [5, 5.41) is -0.106. The minimum absolute atomic E-state index is 0.360. The maximum Gasteiger partial charge on any atom is 0.329 e. The highest BCUT2D eigenvalue weighted by atomic mass is 35.5. The Balaban J connectivity index is 2.85. The third kappa shape index (κ3) is 4.38. The van der Waals surface area contributed by atoms with E-state index in [1.807, 2.05) is 0 Å². The molecule has 0 saturated heterocycles. The number of alkyl halides is 1. The standard InChI is InChI=1S/C12H13Cl3O2/c1-12(2,3)17-11(16)10(15)7-4-5-8(13)9(14)6-7/h4-6,10H,1-3H3. The summed E-state index contributed by atoms with van der Waals surface area (Å²) in [4.78, 5) is 11.7. The molecule has 0 heterocycles. The SMILES string of the molecule is CC(C)(C)OC(=O)C(Cl)c1ccc(Cl)c(Cl)c1. The molecule has 1 aromatic carbocycles. The molecule has 0 aromatic heterocycles. The van der Waals surface area contributed by atoms with E-state index >= 15 is 0 Å². The molecule has 0 saturated carbocycles. The molecule has 0 fully saturated rings. The van der Waals surface area contributed by atoms with Gasteiger partial charge in [-0.15, -0.1) is 11.6 Å². The highest BCUT2D eigenvalue weighted by molar-refractivity contribution is 6.42. The normalized spacial score (nSPS) is 13.3. The highest BCUT2D eigenvalue weighted by Crippen LogP contribution is 2.30. The van der Waals surface area contributed by atoms with Crippen LogP contribution < -0.4 is 0 Å². The molecule has 1 unspecified atom stereocenters. The van der Waals surface area contributed by atoms with E-state index in [-0.39, 0.29) is 0 Å². The molecule has 94 valence electrons. The van der Waals surface area contributed by atoms with Crippen LogP contribution in [0.15, 0.2) is 18.2 Å². The van der Waals surface area contributed by atoms with Crippen LogP contribution in [0.1, 0.15) is 31.7 Å². The third-order valence-electron chi connectivity index (χ3n) is 1.85. The Kier molecular flexibility index (Phi) is 4.70. The van der Waals surface area contributed by atoms with Crippen LogP contribution in [0, 0.1) is 0 Å². The smallest absolute Gasteiger partial charge is 0.329 e. The zero-order chi connectivity index (χ0) is 13.2. The average Bonchev–Trinajstić information content (AvgIpc) is 2.18. The molecule has 0 radical (unpaired) electrons. The zero-order valence-electron chi connectivity index (χ0n) is 9.76. The molecule has 1 rings (SSSR count). The Morgan fingerprint density at radius 3 is 2.29 bits per heavy atom. The Morgan fingerprint density at radius 1 is 1.24 bits per heavy atom. The van der Waals surface area contributed by atoms with Crippen molar-refractivity contribution >= 4 is 40.8 Å². The van der Waals surface area contributed by atoms with Crippen LogP contribution in [0.4, 0.5) is 0 Å². The number of ether oxygens (including phenoxy) is 1. The van der Waals surface area contributed by atoms with Crippen molar-refractivity contribution in [2.24, 2.45) is 0 Å². The molecule has 0 aliphatic heterocycles. The van der Waals surface area contributed by atoms with Gasteiger partial charge in [-0.2, -0.15) is 0 Å². The summed E-state index contributed by atoms with van der Waals surface area (Å²) in [6.45, 7) is 5.34. The summed E-state index contributed by atoms with van der Waals surface area (Å²) in [6, 6.07) is 4.81. The van der Waals surface area contributed by atoms with Crippen molar-refractivity contribution in [2.45, 2.75) is 31.7 Å². The monoisotopic (exact) mass is 294 g/mol. The van der Waals surface area contributed by atoms with Gasteiger partial charge in [0.05, 0.1) is 10.0 Å². The summed E-state index contributed by atoms with van der Waals surface area (Å²) < 4.78 is 5.18. The number of carbonyl (C=O) groups is 1. The van der Waals surface area contributed by atoms with E-state index in [4.69, 9.17) is 39.5 Å². The summed E-state index contributed by atoms with van der Waals surface area (Å²) >= 11 is 17.6.